The molecule has 1 aliphatic rings. The molecule has 2 aromatic rings. The Morgan fingerprint density at radius 1 is 1.56 bits per heavy atom. The van der Waals surface area contributed by atoms with Crippen molar-refractivity contribution in [3.05, 3.63) is 27.3 Å². The largest absolute Gasteiger partial charge is 0.465 e. The predicted molar refractivity (Wildman–Crippen MR) is 93.4 cm³/mol. The van der Waals surface area contributed by atoms with Crippen LogP contribution in [0, 0.1) is 10.1 Å². The lowest BCUT2D eigenvalue weighted by Gasteiger charge is -2.25. The van der Waals surface area contributed by atoms with Gasteiger partial charge >= 0.3 is 6.09 Å². The molecule has 10 heteroatoms. The van der Waals surface area contributed by atoms with Gasteiger partial charge in [0.05, 0.1) is 33.3 Å². The van der Waals surface area contributed by atoms with Gasteiger partial charge in [-0.05, 0) is 18.9 Å². The van der Waals surface area contributed by atoms with Crippen molar-refractivity contribution < 1.29 is 19.9 Å². The molecule has 1 amide bonds. The van der Waals surface area contributed by atoms with Gasteiger partial charge in [-0.3, -0.25) is 10.1 Å². The molecule has 2 atom stereocenters. The van der Waals surface area contributed by atoms with E-state index in [2.05, 4.69) is 10.3 Å². The van der Waals surface area contributed by atoms with E-state index in [0.717, 1.165) is 16.1 Å². The maximum absolute atomic E-state index is 11.5. The Bertz CT molecular complexity index is 824. The summed E-state index contributed by atoms with van der Waals surface area (Å²) >= 11 is 1.48. The minimum Gasteiger partial charge on any atom is -0.465 e. The van der Waals surface area contributed by atoms with E-state index in [1.807, 2.05) is 6.92 Å². The molecular formula is C15H18N4O5S. The van der Waals surface area contributed by atoms with E-state index in [1.54, 1.807) is 11.0 Å². The Morgan fingerprint density at radius 2 is 2.32 bits per heavy atom. The number of aliphatic hydroxyl groups excluding tert-OH is 1. The van der Waals surface area contributed by atoms with Crippen LogP contribution in [0.2, 0.25) is 0 Å². The number of amides is 1. The van der Waals surface area contributed by atoms with Gasteiger partial charge < -0.3 is 20.4 Å². The number of hydrogen-bond donors (Lipinski definition) is 3. The highest BCUT2D eigenvalue weighted by atomic mass is 32.1. The van der Waals surface area contributed by atoms with Crippen LogP contribution in [0.4, 0.5) is 16.2 Å². The normalized spacial score (nSPS) is 20.2. The lowest BCUT2D eigenvalue weighted by molar-refractivity contribution is -0.384. The zero-order valence-corrected chi connectivity index (χ0v) is 14.3. The molecule has 25 heavy (non-hydrogen) atoms. The number of rotatable bonds is 5. The van der Waals surface area contributed by atoms with E-state index in [9.17, 15) is 20.0 Å². The number of benzene rings is 1. The van der Waals surface area contributed by atoms with Crippen LogP contribution in [0.1, 0.15) is 18.4 Å². The van der Waals surface area contributed by atoms with Crippen molar-refractivity contribution in [1.29, 1.82) is 0 Å². The molecule has 0 spiro atoms. The molecule has 0 radical (unpaired) electrons. The molecule has 1 aromatic heterocycles. The zero-order valence-electron chi connectivity index (χ0n) is 13.5. The van der Waals surface area contributed by atoms with Gasteiger partial charge in [0, 0.05) is 12.6 Å². The van der Waals surface area contributed by atoms with Gasteiger partial charge in [-0.25, -0.2) is 9.78 Å². The average Bonchev–Trinajstić information content (AvgIpc) is 3.16. The summed E-state index contributed by atoms with van der Waals surface area (Å²) in [6, 6.07) is 2.31. The van der Waals surface area contributed by atoms with Crippen LogP contribution in [-0.4, -0.2) is 51.4 Å². The number of nitrogens with zero attached hydrogens (tertiary/aromatic N) is 3. The van der Waals surface area contributed by atoms with Crippen LogP contribution < -0.4 is 10.2 Å². The highest BCUT2D eigenvalue weighted by molar-refractivity contribution is 7.18. The van der Waals surface area contributed by atoms with Gasteiger partial charge in [0.2, 0.25) is 0 Å². The zero-order chi connectivity index (χ0) is 18.1. The molecule has 0 unspecified atom stereocenters. The maximum atomic E-state index is 11.5. The van der Waals surface area contributed by atoms with Crippen LogP contribution in [0.5, 0.6) is 0 Å². The third-order valence-electron chi connectivity index (χ3n) is 4.30. The minimum atomic E-state index is -1.15. The Morgan fingerprint density at radius 3 is 2.92 bits per heavy atom. The van der Waals surface area contributed by atoms with E-state index >= 15 is 0 Å². The van der Waals surface area contributed by atoms with Crippen molar-refractivity contribution in [3.63, 3.8) is 0 Å². The van der Waals surface area contributed by atoms with Gasteiger partial charge in [0.15, 0.2) is 0 Å². The van der Waals surface area contributed by atoms with E-state index in [0.29, 0.717) is 17.6 Å². The van der Waals surface area contributed by atoms with Gasteiger partial charge in [0.1, 0.15) is 11.2 Å². The summed E-state index contributed by atoms with van der Waals surface area (Å²) in [5, 5.41) is 33.4. The van der Waals surface area contributed by atoms with Crippen LogP contribution in [0.25, 0.3) is 10.2 Å². The highest BCUT2D eigenvalue weighted by Crippen LogP contribution is 2.41. The number of aliphatic hydroxyl groups is 1. The van der Waals surface area contributed by atoms with E-state index in [-0.39, 0.29) is 18.8 Å². The SMILES string of the molecule is CCc1nc2c(N3C[C@@H](NC(=O)O)C[C@H]3CO)c([N+](=O)[O-])ccc2s1. The first kappa shape index (κ1) is 17.4. The molecule has 2 heterocycles. The number of fused-ring (bicyclic) bond motifs is 1. The van der Waals surface area contributed by atoms with Crippen molar-refractivity contribution in [2.45, 2.75) is 31.8 Å². The number of nitrogens with one attached hydrogen (secondary N) is 1. The topological polar surface area (TPSA) is 129 Å². The van der Waals surface area contributed by atoms with Crippen LogP contribution >= 0.6 is 11.3 Å². The fraction of sp³-hybridized carbons (Fsp3) is 0.467. The summed E-state index contributed by atoms with van der Waals surface area (Å²) in [5.74, 6) is 0. The third kappa shape index (κ3) is 3.22. The average molecular weight is 366 g/mol. The number of anilines is 1. The first-order valence-electron chi connectivity index (χ1n) is 7.88. The second kappa shape index (κ2) is 6.81. The molecule has 1 saturated heterocycles. The summed E-state index contributed by atoms with van der Waals surface area (Å²) in [5.41, 5.74) is 0.799. The lowest BCUT2D eigenvalue weighted by atomic mass is 10.1. The smallest absolute Gasteiger partial charge is 0.404 e. The van der Waals surface area contributed by atoms with E-state index < -0.39 is 23.1 Å². The number of carbonyl (C=O) groups is 1. The van der Waals surface area contributed by atoms with Gasteiger partial charge in [-0.2, -0.15) is 0 Å². The summed E-state index contributed by atoms with van der Waals surface area (Å²) < 4.78 is 0.837. The molecule has 1 fully saturated rings. The van der Waals surface area contributed by atoms with Crippen molar-refractivity contribution >= 4 is 39.0 Å². The molecule has 1 aromatic carbocycles. The molecule has 0 saturated carbocycles. The van der Waals surface area contributed by atoms with Crippen LogP contribution in [0.3, 0.4) is 0 Å². The Labute approximate surface area is 147 Å². The molecule has 9 nitrogen and oxygen atoms in total. The molecular weight excluding hydrogens is 348 g/mol. The molecule has 0 aliphatic carbocycles. The number of hydrogen-bond acceptors (Lipinski definition) is 7. The highest BCUT2D eigenvalue weighted by Gasteiger charge is 2.37. The van der Waals surface area contributed by atoms with Crippen molar-refractivity contribution in [2.75, 3.05) is 18.1 Å². The molecule has 3 N–H and O–H groups in total. The predicted octanol–water partition coefficient (Wildman–Crippen LogP) is 1.97. The van der Waals surface area contributed by atoms with Crippen LogP contribution in [0.15, 0.2) is 12.1 Å². The summed E-state index contributed by atoms with van der Waals surface area (Å²) in [6.45, 7) is 1.98. The quantitative estimate of drug-likeness (QED) is 0.545. The summed E-state index contributed by atoms with van der Waals surface area (Å²) in [4.78, 5) is 28.2. The van der Waals surface area contributed by atoms with E-state index in [1.165, 1.54) is 17.4 Å². The Kier molecular flexibility index (Phi) is 4.73. The Balaban J connectivity index is 2.11. The van der Waals surface area contributed by atoms with Crippen molar-refractivity contribution in [2.24, 2.45) is 0 Å². The first-order valence-corrected chi connectivity index (χ1v) is 8.70. The Hall–Kier alpha value is -2.46. The summed E-state index contributed by atoms with van der Waals surface area (Å²) in [6.07, 6.45) is -0.0569. The fourth-order valence-electron chi connectivity index (χ4n) is 3.24. The second-order valence-electron chi connectivity index (χ2n) is 5.87. The number of aromatic nitrogens is 1. The second-order valence-corrected chi connectivity index (χ2v) is 6.98. The van der Waals surface area contributed by atoms with Crippen LogP contribution in [-0.2, 0) is 6.42 Å². The number of thiazole rings is 1. The molecule has 0 bridgehead atoms. The first-order chi connectivity index (χ1) is 11.9. The summed E-state index contributed by atoms with van der Waals surface area (Å²) in [7, 11) is 0. The van der Waals surface area contributed by atoms with E-state index in [4.69, 9.17) is 5.11 Å². The molecule has 3 rings (SSSR count). The van der Waals surface area contributed by atoms with Gasteiger partial charge in [-0.1, -0.05) is 6.92 Å². The van der Waals surface area contributed by atoms with Crippen molar-refractivity contribution in [1.82, 2.24) is 10.3 Å². The number of nitro groups is 1. The minimum absolute atomic E-state index is 0.0881. The fourth-order valence-corrected chi connectivity index (χ4v) is 4.15. The standard InChI is InChI=1S/C15H18N4O5S/c1-2-12-17-13-11(25-12)4-3-10(19(23)24)14(13)18-6-8(16-15(21)22)5-9(18)7-20/h3-4,8-9,16,20H,2,5-7H2,1H3,(H,21,22)/t8-,9-/m0/s1. The third-order valence-corrected chi connectivity index (χ3v) is 5.46. The van der Waals surface area contributed by atoms with Gasteiger partial charge in [-0.15, -0.1) is 11.3 Å². The van der Waals surface area contributed by atoms with Gasteiger partial charge in [0.25, 0.3) is 5.69 Å². The maximum Gasteiger partial charge on any atom is 0.404 e. The molecule has 1 aliphatic heterocycles. The number of nitro benzene ring substituents is 1. The van der Waals surface area contributed by atoms with Crippen molar-refractivity contribution in [3.8, 4) is 0 Å². The molecule has 134 valence electrons. The lowest BCUT2D eigenvalue weighted by Crippen LogP contribution is -2.36. The number of carboxylic acid groups (broad SMARTS) is 1. The monoisotopic (exact) mass is 366 g/mol. The number of aryl methyl sites for hydroxylation is 1.